The maximum Gasteiger partial charge on any atom is 0.119 e. The highest BCUT2D eigenvalue weighted by Gasteiger charge is 2.02. The molecule has 0 aliphatic rings. The Morgan fingerprint density at radius 1 is 1.39 bits per heavy atom. The van der Waals surface area contributed by atoms with Crippen molar-refractivity contribution in [2.24, 2.45) is 5.73 Å². The molecule has 3 nitrogen and oxygen atoms in total. The second kappa shape index (κ2) is 8.72. The Morgan fingerprint density at radius 3 is 2.89 bits per heavy atom. The van der Waals surface area contributed by atoms with Crippen LogP contribution < -0.4 is 10.5 Å². The molecule has 18 heavy (non-hydrogen) atoms. The fraction of sp³-hybridized carbons (Fsp3) is 0.467. The van der Waals surface area contributed by atoms with Crippen molar-refractivity contribution in [1.29, 1.82) is 0 Å². The van der Waals surface area contributed by atoms with E-state index < -0.39 is 0 Å². The molecule has 1 aromatic carbocycles. The summed E-state index contributed by atoms with van der Waals surface area (Å²) in [7, 11) is 0. The Kier molecular flexibility index (Phi) is 7.14. The molecule has 0 fully saturated rings. The van der Waals surface area contributed by atoms with Crippen LogP contribution in [0.1, 0.15) is 18.9 Å². The quantitative estimate of drug-likeness (QED) is 0.682. The molecule has 0 aromatic heterocycles. The number of hydrogen-bond donors (Lipinski definition) is 1. The molecule has 0 saturated carbocycles. The Balaban J connectivity index is 2.36. The van der Waals surface area contributed by atoms with Crippen LogP contribution in [0.3, 0.4) is 0 Å². The molecule has 0 aliphatic carbocycles. The first-order valence-corrected chi connectivity index (χ1v) is 6.55. The van der Waals surface area contributed by atoms with E-state index in [1.165, 1.54) is 0 Å². The zero-order chi connectivity index (χ0) is 13.2. The van der Waals surface area contributed by atoms with Crippen molar-refractivity contribution in [1.82, 2.24) is 4.90 Å². The van der Waals surface area contributed by atoms with Crippen molar-refractivity contribution in [2.45, 2.75) is 19.9 Å². The van der Waals surface area contributed by atoms with E-state index in [2.05, 4.69) is 18.4 Å². The van der Waals surface area contributed by atoms with Crippen molar-refractivity contribution in [3.8, 4) is 5.75 Å². The standard InChI is InChI=1S/C15H24N2O/c1-3-8-17(9-4-2)10-11-18-15-7-5-6-14(12-15)13-16/h3,5-7,12H,1,4,8-11,13,16H2,2H3. The molecular weight excluding hydrogens is 224 g/mol. The minimum absolute atomic E-state index is 0.551. The Labute approximate surface area is 110 Å². The molecule has 0 atom stereocenters. The minimum atomic E-state index is 0.551. The van der Waals surface area contributed by atoms with Gasteiger partial charge in [0.15, 0.2) is 0 Å². The van der Waals surface area contributed by atoms with Crippen molar-refractivity contribution in [3.05, 3.63) is 42.5 Å². The monoisotopic (exact) mass is 248 g/mol. The smallest absolute Gasteiger partial charge is 0.119 e. The SMILES string of the molecule is C=CCN(CCC)CCOc1cccc(CN)c1. The fourth-order valence-corrected chi connectivity index (χ4v) is 1.85. The van der Waals surface area contributed by atoms with Gasteiger partial charge in [0.2, 0.25) is 0 Å². The van der Waals surface area contributed by atoms with Crippen LogP contribution in [0.2, 0.25) is 0 Å². The third kappa shape index (κ3) is 5.34. The topological polar surface area (TPSA) is 38.5 Å². The maximum absolute atomic E-state index is 5.74. The van der Waals surface area contributed by atoms with Crippen LogP contribution in [-0.4, -0.2) is 31.1 Å². The molecule has 0 spiro atoms. The van der Waals surface area contributed by atoms with Gasteiger partial charge in [0.1, 0.15) is 12.4 Å². The Hall–Kier alpha value is -1.32. The lowest BCUT2D eigenvalue weighted by molar-refractivity contribution is 0.223. The summed E-state index contributed by atoms with van der Waals surface area (Å²) in [5.74, 6) is 0.896. The second-order valence-electron chi connectivity index (χ2n) is 4.29. The molecule has 0 unspecified atom stereocenters. The van der Waals surface area contributed by atoms with Crippen molar-refractivity contribution >= 4 is 0 Å². The molecule has 1 aromatic rings. The highest BCUT2D eigenvalue weighted by Crippen LogP contribution is 2.12. The maximum atomic E-state index is 5.74. The second-order valence-corrected chi connectivity index (χ2v) is 4.29. The van der Waals surface area contributed by atoms with Gasteiger partial charge in [-0.1, -0.05) is 25.1 Å². The van der Waals surface area contributed by atoms with E-state index in [1.54, 1.807) is 0 Å². The van der Waals surface area contributed by atoms with E-state index in [4.69, 9.17) is 10.5 Å². The predicted octanol–water partition coefficient (Wildman–Crippen LogP) is 2.42. The van der Waals surface area contributed by atoms with Crippen LogP contribution in [0.25, 0.3) is 0 Å². The van der Waals surface area contributed by atoms with E-state index >= 15 is 0 Å². The molecule has 100 valence electrons. The number of nitrogens with zero attached hydrogens (tertiary/aromatic N) is 1. The summed E-state index contributed by atoms with van der Waals surface area (Å²) in [6.07, 6.45) is 3.08. The lowest BCUT2D eigenvalue weighted by Crippen LogP contribution is -2.29. The predicted molar refractivity (Wildman–Crippen MR) is 76.8 cm³/mol. The average molecular weight is 248 g/mol. The molecule has 0 saturated heterocycles. The summed E-state index contributed by atoms with van der Waals surface area (Å²) < 4.78 is 5.74. The van der Waals surface area contributed by atoms with Gasteiger partial charge in [0.25, 0.3) is 0 Å². The van der Waals surface area contributed by atoms with E-state index in [0.717, 1.165) is 37.4 Å². The van der Waals surface area contributed by atoms with Crippen LogP contribution in [0, 0.1) is 0 Å². The molecule has 0 aliphatic heterocycles. The van der Waals surface area contributed by atoms with Gasteiger partial charge < -0.3 is 10.5 Å². The number of benzene rings is 1. The number of ether oxygens (including phenoxy) is 1. The molecule has 0 radical (unpaired) electrons. The number of nitrogens with two attached hydrogens (primary N) is 1. The largest absolute Gasteiger partial charge is 0.492 e. The van der Waals surface area contributed by atoms with E-state index in [1.807, 2.05) is 30.3 Å². The van der Waals surface area contributed by atoms with Crippen LogP contribution in [0.5, 0.6) is 5.75 Å². The van der Waals surface area contributed by atoms with E-state index in [9.17, 15) is 0 Å². The first-order valence-electron chi connectivity index (χ1n) is 6.55. The summed E-state index contributed by atoms with van der Waals surface area (Å²) in [5, 5.41) is 0. The Morgan fingerprint density at radius 2 is 2.22 bits per heavy atom. The van der Waals surface area contributed by atoms with Crippen molar-refractivity contribution in [3.63, 3.8) is 0 Å². The lowest BCUT2D eigenvalue weighted by atomic mass is 10.2. The van der Waals surface area contributed by atoms with Gasteiger partial charge in [-0.25, -0.2) is 0 Å². The van der Waals surface area contributed by atoms with Crippen LogP contribution in [0.15, 0.2) is 36.9 Å². The molecule has 0 amide bonds. The molecular formula is C15H24N2O. The average Bonchev–Trinajstić information content (AvgIpc) is 2.39. The van der Waals surface area contributed by atoms with E-state index in [-0.39, 0.29) is 0 Å². The summed E-state index contributed by atoms with van der Waals surface area (Å²) in [6.45, 7) is 10.1. The normalized spacial score (nSPS) is 10.6. The zero-order valence-electron chi connectivity index (χ0n) is 11.3. The van der Waals surface area contributed by atoms with Gasteiger partial charge in [-0.2, -0.15) is 0 Å². The van der Waals surface area contributed by atoms with Crippen molar-refractivity contribution in [2.75, 3.05) is 26.2 Å². The summed E-state index contributed by atoms with van der Waals surface area (Å²) in [5.41, 5.74) is 6.70. The summed E-state index contributed by atoms with van der Waals surface area (Å²) in [4.78, 5) is 2.33. The third-order valence-corrected chi connectivity index (χ3v) is 2.74. The number of rotatable bonds is 9. The lowest BCUT2D eigenvalue weighted by Gasteiger charge is -2.19. The zero-order valence-corrected chi connectivity index (χ0v) is 11.3. The molecule has 3 heteroatoms. The molecule has 2 N–H and O–H groups in total. The first-order chi connectivity index (χ1) is 8.80. The van der Waals surface area contributed by atoms with Gasteiger partial charge >= 0.3 is 0 Å². The summed E-state index contributed by atoms with van der Waals surface area (Å²) in [6, 6.07) is 7.95. The molecule has 1 rings (SSSR count). The van der Waals surface area contributed by atoms with Gasteiger partial charge in [-0.15, -0.1) is 6.58 Å². The van der Waals surface area contributed by atoms with Gasteiger partial charge in [0.05, 0.1) is 0 Å². The van der Waals surface area contributed by atoms with Crippen LogP contribution >= 0.6 is 0 Å². The third-order valence-electron chi connectivity index (χ3n) is 2.74. The minimum Gasteiger partial charge on any atom is -0.492 e. The number of hydrogen-bond acceptors (Lipinski definition) is 3. The van der Waals surface area contributed by atoms with Gasteiger partial charge in [-0.3, -0.25) is 4.90 Å². The Bertz CT molecular complexity index is 352. The van der Waals surface area contributed by atoms with E-state index in [0.29, 0.717) is 13.2 Å². The first kappa shape index (κ1) is 14.7. The van der Waals surface area contributed by atoms with Crippen molar-refractivity contribution < 1.29 is 4.74 Å². The van der Waals surface area contributed by atoms with Gasteiger partial charge in [-0.05, 0) is 30.7 Å². The summed E-state index contributed by atoms with van der Waals surface area (Å²) >= 11 is 0. The van der Waals surface area contributed by atoms with Crippen LogP contribution in [0.4, 0.5) is 0 Å². The van der Waals surface area contributed by atoms with Crippen LogP contribution in [-0.2, 0) is 6.54 Å². The highest BCUT2D eigenvalue weighted by atomic mass is 16.5. The highest BCUT2D eigenvalue weighted by molar-refractivity contribution is 5.28. The molecule has 0 bridgehead atoms. The van der Waals surface area contributed by atoms with Gasteiger partial charge in [0, 0.05) is 19.6 Å². The molecule has 0 heterocycles. The fourth-order valence-electron chi connectivity index (χ4n) is 1.85.